The van der Waals surface area contributed by atoms with Crippen LogP contribution in [0.1, 0.15) is 0 Å². The zero-order valence-electron chi connectivity index (χ0n) is 12.0. The number of ether oxygens (including phenoxy) is 2. The molecule has 2 rings (SSSR count). The van der Waals surface area contributed by atoms with Gasteiger partial charge in [-0.15, -0.1) is 0 Å². The molecule has 0 aromatic heterocycles. The molecule has 0 aromatic carbocycles. The average molecular weight is 342 g/mol. The van der Waals surface area contributed by atoms with E-state index in [9.17, 15) is 35.7 Å². The maximum atomic E-state index is 10.7. The minimum atomic E-state index is -2.75. The van der Waals surface area contributed by atoms with Crippen LogP contribution in [0.5, 0.6) is 0 Å². The van der Waals surface area contributed by atoms with Gasteiger partial charge in [-0.2, -0.15) is 0 Å². The Labute approximate surface area is 130 Å². The Bertz CT molecular complexity index is 406. The molecule has 23 heavy (non-hydrogen) atoms. The maximum Gasteiger partial charge on any atom is 0.184 e. The second-order valence-corrected chi connectivity index (χ2v) is 5.77. The van der Waals surface area contributed by atoms with E-state index in [1.54, 1.807) is 0 Å². The first-order chi connectivity index (χ1) is 10.7. The predicted molar refractivity (Wildman–Crippen MR) is 68.7 cm³/mol. The minimum absolute atomic E-state index is 0.786. The minimum Gasteiger partial charge on any atom is -0.394 e. The summed E-state index contributed by atoms with van der Waals surface area (Å²) in [5.74, 6) is 0. The van der Waals surface area contributed by atoms with Gasteiger partial charge in [-0.25, -0.2) is 0 Å². The van der Waals surface area contributed by atoms with Crippen molar-refractivity contribution < 1.29 is 55.4 Å². The van der Waals surface area contributed by atoms with Gasteiger partial charge in [0.2, 0.25) is 0 Å². The first kappa shape index (κ1) is 18.9. The zero-order chi connectivity index (χ0) is 17.5. The van der Waals surface area contributed by atoms with Gasteiger partial charge >= 0.3 is 0 Å². The van der Waals surface area contributed by atoms with Crippen LogP contribution in [0.2, 0.25) is 0 Å². The summed E-state index contributed by atoms with van der Waals surface area (Å²) in [7, 11) is 0. The highest BCUT2D eigenvalue weighted by Crippen LogP contribution is 2.38. The zero-order valence-corrected chi connectivity index (χ0v) is 12.0. The van der Waals surface area contributed by atoms with Gasteiger partial charge < -0.3 is 55.4 Å². The maximum absolute atomic E-state index is 10.7. The monoisotopic (exact) mass is 342 g/mol. The van der Waals surface area contributed by atoms with E-state index in [0.717, 1.165) is 0 Å². The fourth-order valence-corrected chi connectivity index (χ4v) is 2.99. The normalized spacial score (nSPS) is 54.9. The number of hydrogen-bond donors (Lipinski definition) is 9. The molecule has 2 aliphatic heterocycles. The first-order valence-corrected chi connectivity index (χ1v) is 7.03. The molecule has 0 bridgehead atoms. The van der Waals surface area contributed by atoms with Crippen molar-refractivity contribution in [3.05, 3.63) is 0 Å². The molecule has 0 amide bonds. The lowest BCUT2D eigenvalue weighted by atomic mass is 9.74. The van der Waals surface area contributed by atoms with Crippen molar-refractivity contribution in [2.45, 2.75) is 60.7 Å². The van der Waals surface area contributed by atoms with Crippen LogP contribution in [0.3, 0.4) is 0 Å². The van der Waals surface area contributed by atoms with Crippen molar-refractivity contribution >= 4 is 0 Å². The van der Waals surface area contributed by atoms with Crippen LogP contribution in [0, 0.1) is 0 Å². The molecule has 2 unspecified atom stereocenters. The molecule has 9 N–H and O–H groups in total. The van der Waals surface area contributed by atoms with E-state index in [4.69, 9.17) is 19.7 Å². The van der Waals surface area contributed by atoms with Crippen LogP contribution in [0.25, 0.3) is 0 Å². The van der Waals surface area contributed by atoms with Gasteiger partial charge in [0.05, 0.1) is 13.2 Å². The molecule has 0 aliphatic carbocycles. The molecule has 2 fully saturated rings. The number of hydrogen-bond acceptors (Lipinski definition) is 11. The summed E-state index contributed by atoms with van der Waals surface area (Å²) in [6.45, 7) is -1.61. The van der Waals surface area contributed by atoms with Crippen molar-refractivity contribution in [3.63, 3.8) is 0 Å². The lowest BCUT2D eigenvalue weighted by molar-refractivity contribution is -0.368. The molecular weight excluding hydrogens is 320 g/mol. The lowest BCUT2D eigenvalue weighted by Crippen LogP contribution is -2.77. The Hall–Kier alpha value is -0.440. The molecule has 2 heterocycles. The molecule has 11 nitrogen and oxygen atoms in total. The topological polar surface area (TPSA) is 201 Å². The summed E-state index contributed by atoms with van der Waals surface area (Å²) in [5.41, 5.74) is -2.75. The average Bonchev–Trinajstić information content (AvgIpc) is 2.54. The second-order valence-electron chi connectivity index (χ2n) is 5.77. The van der Waals surface area contributed by atoms with E-state index in [2.05, 4.69) is 0 Å². The predicted octanol–water partition coefficient (Wildman–Crippen LogP) is -6.01. The summed E-state index contributed by atoms with van der Waals surface area (Å²) in [4.78, 5) is 0. The molecular formula is C12H22O11. The van der Waals surface area contributed by atoms with Gasteiger partial charge in [-0.05, 0) is 0 Å². The van der Waals surface area contributed by atoms with Crippen LogP contribution in [-0.2, 0) is 9.47 Å². The summed E-state index contributed by atoms with van der Waals surface area (Å²) in [6, 6.07) is 0. The van der Waals surface area contributed by atoms with E-state index in [1.165, 1.54) is 0 Å². The fraction of sp³-hybridized carbons (Fsp3) is 1.00. The summed E-state index contributed by atoms with van der Waals surface area (Å²) >= 11 is 0. The second kappa shape index (κ2) is 6.82. The lowest BCUT2D eigenvalue weighted by Gasteiger charge is -2.53. The molecule has 11 heteroatoms. The van der Waals surface area contributed by atoms with Gasteiger partial charge in [0.15, 0.2) is 11.9 Å². The molecule has 0 saturated carbocycles. The third-order valence-electron chi connectivity index (χ3n) is 4.41. The van der Waals surface area contributed by atoms with Crippen molar-refractivity contribution in [1.29, 1.82) is 0 Å². The van der Waals surface area contributed by atoms with Gasteiger partial charge in [0, 0.05) is 0 Å². The molecule has 2 saturated heterocycles. The number of rotatable bonds is 3. The molecule has 0 aromatic rings. The Morgan fingerprint density at radius 1 is 0.696 bits per heavy atom. The highest BCUT2D eigenvalue weighted by atomic mass is 16.6. The summed E-state index contributed by atoms with van der Waals surface area (Å²) < 4.78 is 9.86. The quantitative estimate of drug-likeness (QED) is 0.236. The van der Waals surface area contributed by atoms with Crippen molar-refractivity contribution in [2.75, 3.05) is 13.2 Å². The Morgan fingerprint density at radius 2 is 1.26 bits per heavy atom. The number of aliphatic hydroxyl groups excluding tert-OH is 8. The van der Waals surface area contributed by atoms with Crippen LogP contribution in [-0.4, -0.2) is 120 Å². The van der Waals surface area contributed by atoms with Gasteiger partial charge in [-0.1, -0.05) is 0 Å². The third-order valence-corrected chi connectivity index (χ3v) is 4.41. The van der Waals surface area contributed by atoms with Crippen LogP contribution < -0.4 is 0 Å². The van der Waals surface area contributed by atoms with E-state index >= 15 is 0 Å². The van der Waals surface area contributed by atoms with Gasteiger partial charge in [0.1, 0.15) is 48.8 Å². The van der Waals surface area contributed by atoms with Crippen LogP contribution in [0.4, 0.5) is 0 Å². The molecule has 10 atom stereocenters. The van der Waals surface area contributed by atoms with Crippen molar-refractivity contribution in [3.8, 4) is 0 Å². The van der Waals surface area contributed by atoms with Crippen molar-refractivity contribution in [2.24, 2.45) is 0 Å². The molecule has 0 radical (unpaired) electrons. The Kier molecular flexibility index (Phi) is 5.60. The third kappa shape index (κ3) is 2.88. The van der Waals surface area contributed by atoms with Gasteiger partial charge in [-0.3, -0.25) is 0 Å². The smallest absolute Gasteiger partial charge is 0.184 e. The first-order valence-electron chi connectivity index (χ1n) is 7.03. The van der Waals surface area contributed by atoms with E-state index in [1.807, 2.05) is 0 Å². The van der Waals surface area contributed by atoms with E-state index < -0.39 is 73.9 Å². The summed E-state index contributed by atoms with van der Waals surface area (Å²) in [6.07, 6.45) is -16.5. The van der Waals surface area contributed by atoms with E-state index in [0.29, 0.717) is 0 Å². The Balaban J connectivity index is 2.38. The highest BCUT2D eigenvalue weighted by Gasteiger charge is 2.64. The van der Waals surface area contributed by atoms with Crippen LogP contribution in [0.15, 0.2) is 0 Å². The summed E-state index contributed by atoms with van der Waals surface area (Å²) in [5, 5.41) is 88.3. The number of aliphatic hydroxyl groups is 9. The largest absolute Gasteiger partial charge is 0.394 e. The fourth-order valence-electron chi connectivity index (χ4n) is 2.99. The molecule has 136 valence electrons. The SMILES string of the molecule is OC[C@H]1OC(O)[C@@H](O)[C@@](O)([C@@H]2O[C@H](CO)[C@@H](O)C(O)[C@@H]2O)[C@@H]1O. The Morgan fingerprint density at radius 3 is 1.78 bits per heavy atom. The highest BCUT2D eigenvalue weighted by molar-refractivity contribution is 5.11. The molecule has 2 aliphatic rings. The standard InChI is InChI=1S/C12H22O11/c13-1-3-5(15)6(16)7(17)10(22-3)12(21)8(18)4(2-14)23-11(20)9(12)19/h3-11,13-21H,1-2H2/t3-,4-,5-,6?,7+,8-,9-,10-,11?,12-/m1/s1. The van der Waals surface area contributed by atoms with E-state index in [-0.39, 0.29) is 0 Å². The van der Waals surface area contributed by atoms with Crippen LogP contribution >= 0.6 is 0 Å². The molecule has 0 spiro atoms. The van der Waals surface area contributed by atoms with Gasteiger partial charge in [0.25, 0.3) is 0 Å². The van der Waals surface area contributed by atoms with Crippen molar-refractivity contribution in [1.82, 2.24) is 0 Å².